The van der Waals surface area contributed by atoms with Crippen molar-refractivity contribution >= 4 is 44.4 Å². The molecule has 3 heterocycles. The third kappa shape index (κ3) is 4.94. The number of hydrogen-bond donors (Lipinski definition) is 0. The van der Waals surface area contributed by atoms with Crippen LogP contribution in [0.25, 0.3) is 55.3 Å². The zero-order valence-corrected chi connectivity index (χ0v) is 36.1. The maximum absolute atomic E-state index is 2.64. The summed E-state index contributed by atoms with van der Waals surface area (Å²) in [4.78, 5) is 2.46. The zero-order valence-electron chi connectivity index (χ0n) is 36.1. The standard InChI is InChI=1S/C58H52N2/c1-9-11-18-36(10-2)39-31-45-46-34-42(35-52-54(46)60-53(45)51(33-39)57(5,6)48-23-17-24-49(55(48)60)58(52,7)8)59(40-19-13-12-14-20-40)41-28-25-37(26-29-41)38-27-30-44-43-21-15-16-22-47(43)56(3,4)50(44)32-38/h9,11-35H,10H2,1-8H3/b11-9-,36-18+. The first-order valence-corrected chi connectivity index (χ1v) is 21.8. The number of fused-ring (bicyclic) bond motifs is 4. The summed E-state index contributed by atoms with van der Waals surface area (Å²) in [5, 5.41) is 2.64. The van der Waals surface area contributed by atoms with Gasteiger partial charge in [0.15, 0.2) is 0 Å². The lowest BCUT2D eigenvalue weighted by Gasteiger charge is -2.42. The van der Waals surface area contributed by atoms with Crippen molar-refractivity contribution in [1.29, 1.82) is 0 Å². The second-order valence-corrected chi connectivity index (χ2v) is 18.8. The molecular formula is C58H52N2. The molecule has 0 saturated carbocycles. The van der Waals surface area contributed by atoms with E-state index in [2.05, 4.69) is 223 Å². The number of hydrogen-bond acceptors (Lipinski definition) is 1. The number of anilines is 3. The van der Waals surface area contributed by atoms with Crippen LogP contribution in [0.2, 0.25) is 0 Å². The molecule has 0 radical (unpaired) electrons. The second kappa shape index (κ2) is 12.8. The molecule has 8 aromatic rings. The van der Waals surface area contributed by atoms with E-state index in [-0.39, 0.29) is 16.2 Å². The summed E-state index contributed by atoms with van der Waals surface area (Å²) in [6.45, 7) is 18.8. The van der Waals surface area contributed by atoms with Gasteiger partial charge in [0.05, 0.1) is 16.7 Å². The summed E-state index contributed by atoms with van der Waals surface area (Å²) in [5.74, 6) is 0. The van der Waals surface area contributed by atoms with Gasteiger partial charge in [-0.25, -0.2) is 0 Å². The van der Waals surface area contributed by atoms with Crippen LogP contribution in [-0.2, 0) is 16.2 Å². The molecule has 2 aliphatic heterocycles. The Morgan fingerprint density at radius 3 is 1.80 bits per heavy atom. The molecule has 1 aliphatic carbocycles. The SMILES string of the molecule is C/C=C\C=C(/CC)c1cc2c3c(c1)c1cc(N(c4ccccc4)c4ccc(-c5ccc6c(c5)C(C)(C)c5ccccc5-6)cc4)cc4c1n3-c1c(cccc1C4(C)C)C2(C)C. The van der Waals surface area contributed by atoms with Crippen LogP contribution in [0, 0.1) is 0 Å². The second-order valence-electron chi connectivity index (χ2n) is 18.8. The van der Waals surface area contributed by atoms with Crippen LogP contribution in [0.4, 0.5) is 17.1 Å². The Hall–Kier alpha value is -6.38. The molecule has 0 spiro atoms. The number of nitrogens with zero attached hydrogens (tertiary/aromatic N) is 2. The van der Waals surface area contributed by atoms with Gasteiger partial charge in [0.2, 0.25) is 0 Å². The fourth-order valence-corrected chi connectivity index (χ4v) is 11.2. The lowest BCUT2D eigenvalue weighted by molar-refractivity contribution is 0.593. The van der Waals surface area contributed by atoms with E-state index in [9.17, 15) is 0 Å². The third-order valence-electron chi connectivity index (χ3n) is 14.5. The average molecular weight is 777 g/mol. The molecule has 60 heavy (non-hydrogen) atoms. The molecular weight excluding hydrogens is 725 g/mol. The van der Waals surface area contributed by atoms with Crippen molar-refractivity contribution < 1.29 is 0 Å². The first kappa shape index (κ1) is 36.7. The Labute approximate surface area is 355 Å². The molecule has 0 saturated heterocycles. The average Bonchev–Trinajstić information content (AvgIpc) is 3.71. The Balaban J connectivity index is 1.13. The maximum atomic E-state index is 2.64. The highest BCUT2D eigenvalue weighted by Crippen LogP contribution is 2.57. The van der Waals surface area contributed by atoms with Gasteiger partial charge in [0.1, 0.15) is 0 Å². The molecule has 0 bridgehead atoms. The molecule has 294 valence electrons. The van der Waals surface area contributed by atoms with Gasteiger partial charge >= 0.3 is 0 Å². The maximum Gasteiger partial charge on any atom is 0.0583 e. The van der Waals surface area contributed by atoms with Gasteiger partial charge in [-0.3, -0.25) is 0 Å². The van der Waals surface area contributed by atoms with Crippen LogP contribution in [0.15, 0.2) is 158 Å². The van der Waals surface area contributed by atoms with Crippen LogP contribution in [0.5, 0.6) is 0 Å². The molecule has 0 N–H and O–H groups in total. The van der Waals surface area contributed by atoms with Crippen molar-refractivity contribution in [3.05, 3.63) is 197 Å². The van der Waals surface area contributed by atoms with Gasteiger partial charge in [0, 0.05) is 44.1 Å². The predicted molar refractivity (Wildman–Crippen MR) is 256 cm³/mol. The monoisotopic (exact) mass is 776 g/mol. The van der Waals surface area contributed by atoms with E-state index in [0.717, 1.165) is 17.8 Å². The largest absolute Gasteiger partial charge is 0.310 e. The molecule has 2 nitrogen and oxygen atoms in total. The summed E-state index contributed by atoms with van der Waals surface area (Å²) in [5.41, 5.74) is 23.3. The molecule has 3 aliphatic rings. The molecule has 7 aromatic carbocycles. The first-order chi connectivity index (χ1) is 28.9. The highest BCUT2D eigenvalue weighted by atomic mass is 15.1. The number of rotatable bonds is 7. The Bertz CT molecular complexity index is 3150. The summed E-state index contributed by atoms with van der Waals surface area (Å²) in [7, 11) is 0. The molecule has 0 unspecified atom stereocenters. The quantitative estimate of drug-likeness (QED) is 0.146. The third-order valence-corrected chi connectivity index (χ3v) is 14.5. The number of benzene rings is 7. The lowest BCUT2D eigenvalue weighted by Crippen LogP contribution is -2.33. The van der Waals surface area contributed by atoms with Crippen LogP contribution >= 0.6 is 0 Å². The smallest absolute Gasteiger partial charge is 0.0583 e. The van der Waals surface area contributed by atoms with Gasteiger partial charge in [0.25, 0.3) is 0 Å². The lowest BCUT2D eigenvalue weighted by atomic mass is 9.68. The molecule has 11 rings (SSSR count). The van der Waals surface area contributed by atoms with Crippen molar-refractivity contribution in [3.8, 4) is 27.9 Å². The van der Waals surface area contributed by atoms with Crippen LogP contribution < -0.4 is 4.90 Å². The predicted octanol–water partition coefficient (Wildman–Crippen LogP) is 15.9. The van der Waals surface area contributed by atoms with Crippen molar-refractivity contribution in [2.45, 2.75) is 78.1 Å². The summed E-state index contributed by atoms with van der Waals surface area (Å²) >= 11 is 0. The van der Waals surface area contributed by atoms with E-state index < -0.39 is 0 Å². The zero-order chi connectivity index (χ0) is 41.3. The highest BCUT2D eigenvalue weighted by Gasteiger charge is 2.44. The Kier molecular flexibility index (Phi) is 7.83. The minimum Gasteiger partial charge on any atom is -0.310 e. The van der Waals surface area contributed by atoms with E-state index in [0.29, 0.717) is 0 Å². The number of aromatic nitrogens is 1. The fourth-order valence-electron chi connectivity index (χ4n) is 11.2. The van der Waals surface area contributed by atoms with Crippen LogP contribution in [-0.4, -0.2) is 4.57 Å². The molecule has 0 atom stereocenters. The van der Waals surface area contributed by atoms with Gasteiger partial charge in [-0.15, -0.1) is 0 Å². The summed E-state index contributed by atoms with van der Waals surface area (Å²) in [6, 6.07) is 53.1. The van der Waals surface area contributed by atoms with Crippen LogP contribution in [0.1, 0.15) is 101 Å². The Morgan fingerprint density at radius 1 is 0.517 bits per heavy atom. The number of para-hydroxylation sites is 2. The van der Waals surface area contributed by atoms with E-state index in [4.69, 9.17) is 0 Å². The minimum absolute atomic E-state index is 0.0401. The normalized spacial score (nSPS) is 16.2. The van der Waals surface area contributed by atoms with Crippen molar-refractivity contribution in [1.82, 2.24) is 4.57 Å². The highest BCUT2D eigenvalue weighted by molar-refractivity contribution is 6.16. The Morgan fingerprint density at radius 2 is 1.10 bits per heavy atom. The fraction of sp³-hybridized carbons (Fsp3) is 0.207. The number of allylic oxidation sites excluding steroid dienone is 4. The topological polar surface area (TPSA) is 8.17 Å². The van der Waals surface area contributed by atoms with Gasteiger partial charge in [-0.1, -0.05) is 152 Å². The van der Waals surface area contributed by atoms with Crippen molar-refractivity contribution in [2.24, 2.45) is 0 Å². The van der Waals surface area contributed by atoms with Gasteiger partial charge in [-0.2, -0.15) is 0 Å². The van der Waals surface area contributed by atoms with Crippen molar-refractivity contribution in [2.75, 3.05) is 4.90 Å². The molecule has 0 fully saturated rings. The first-order valence-electron chi connectivity index (χ1n) is 21.8. The van der Waals surface area contributed by atoms with E-state index in [1.807, 2.05) is 0 Å². The molecule has 1 aromatic heterocycles. The summed E-state index contributed by atoms with van der Waals surface area (Å²) < 4.78 is 2.64. The van der Waals surface area contributed by atoms with Gasteiger partial charge in [-0.05, 0) is 135 Å². The van der Waals surface area contributed by atoms with Crippen molar-refractivity contribution in [3.63, 3.8) is 0 Å². The van der Waals surface area contributed by atoms with Gasteiger partial charge < -0.3 is 9.47 Å². The molecule has 2 heteroatoms. The van der Waals surface area contributed by atoms with E-state index >= 15 is 0 Å². The molecule has 0 amide bonds. The summed E-state index contributed by atoms with van der Waals surface area (Å²) in [6.07, 6.45) is 7.58. The van der Waals surface area contributed by atoms with E-state index in [1.54, 1.807) is 0 Å². The van der Waals surface area contributed by atoms with Crippen LogP contribution in [0.3, 0.4) is 0 Å². The minimum atomic E-state index is -0.228. The van der Waals surface area contributed by atoms with E-state index in [1.165, 1.54) is 100.0 Å².